The molecule has 0 saturated carbocycles. The zero-order valence-electron chi connectivity index (χ0n) is 18.3. The number of nitrogens with zero attached hydrogens (tertiary/aromatic N) is 2. The van der Waals surface area contributed by atoms with Crippen LogP contribution in [0, 0.1) is 10.1 Å². The number of thiophene rings is 1. The van der Waals surface area contributed by atoms with Gasteiger partial charge >= 0.3 is 17.8 Å². The first-order valence-corrected chi connectivity index (χ1v) is 11.4. The van der Waals surface area contributed by atoms with Crippen molar-refractivity contribution in [3.63, 3.8) is 0 Å². The van der Waals surface area contributed by atoms with Gasteiger partial charge < -0.3 is 10.1 Å². The Balaban J connectivity index is 1.75. The molecule has 33 heavy (non-hydrogen) atoms. The highest BCUT2D eigenvalue weighted by molar-refractivity contribution is 7.17. The second-order valence-corrected chi connectivity index (χ2v) is 8.49. The van der Waals surface area contributed by atoms with E-state index in [4.69, 9.17) is 4.74 Å². The van der Waals surface area contributed by atoms with Gasteiger partial charge in [0.2, 0.25) is 0 Å². The molecule has 0 radical (unpaired) electrons. The van der Waals surface area contributed by atoms with Crippen molar-refractivity contribution in [3.8, 4) is 0 Å². The molecular weight excluding hydrogens is 448 g/mol. The van der Waals surface area contributed by atoms with Crippen LogP contribution >= 0.6 is 11.3 Å². The first-order valence-electron chi connectivity index (χ1n) is 10.5. The summed E-state index contributed by atoms with van der Waals surface area (Å²) in [5.41, 5.74) is 3.95. The van der Waals surface area contributed by atoms with Crippen molar-refractivity contribution in [1.29, 1.82) is 0 Å². The molecule has 0 atom stereocenters. The van der Waals surface area contributed by atoms with E-state index in [0.717, 1.165) is 42.5 Å². The van der Waals surface area contributed by atoms with Crippen LogP contribution in [0.1, 0.15) is 59.5 Å². The Morgan fingerprint density at radius 2 is 1.94 bits per heavy atom. The van der Waals surface area contributed by atoms with E-state index < -0.39 is 22.7 Å². The zero-order chi connectivity index (χ0) is 24.0. The molecule has 1 aliphatic carbocycles. The summed E-state index contributed by atoms with van der Waals surface area (Å²) in [6, 6.07) is 5.75. The van der Waals surface area contributed by atoms with Gasteiger partial charge in [0.25, 0.3) is 5.69 Å². The van der Waals surface area contributed by atoms with E-state index in [0.29, 0.717) is 16.1 Å². The smallest absolute Gasteiger partial charge is 0.341 e. The van der Waals surface area contributed by atoms with Gasteiger partial charge in [-0.15, -0.1) is 11.3 Å². The van der Waals surface area contributed by atoms with Crippen molar-refractivity contribution < 1.29 is 24.0 Å². The summed E-state index contributed by atoms with van der Waals surface area (Å²) in [5.74, 6) is -2.53. The van der Waals surface area contributed by atoms with Crippen molar-refractivity contribution in [2.45, 2.75) is 46.0 Å². The molecule has 0 unspecified atom stereocenters. The fraction of sp³-hybridized carbons (Fsp3) is 0.364. The molecule has 1 aromatic heterocycles. The summed E-state index contributed by atoms with van der Waals surface area (Å²) in [6.07, 6.45) is 4.52. The molecule has 1 aromatic carbocycles. The predicted molar refractivity (Wildman–Crippen MR) is 124 cm³/mol. The number of esters is 1. The van der Waals surface area contributed by atoms with E-state index in [2.05, 4.69) is 15.8 Å². The number of amides is 2. The minimum Gasteiger partial charge on any atom is -0.462 e. The first-order chi connectivity index (χ1) is 15.8. The number of ether oxygens (including phenoxy) is 1. The highest BCUT2D eigenvalue weighted by atomic mass is 32.1. The summed E-state index contributed by atoms with van der Waals surface area (Å²) in [6.45, 7) is 3.45. The number of carbonyl (C=O) groups is 3. The molecule has 1 aliphatic rings. The van der Waals surface area contributed by atoms with Gasteiger partial charge in [0.05, 0.1) is 22.8 Å². The molecule has 0 aliphatic heterocycles. The maximum Gasteiger partial charge on any atom is 0.341 e. The fourth-order valence-corrected chi connectivity index (χ4v) is 4.78. The highest BCUT2D eigenvalue weighted by Gasteiger charge is 2.28. The molecule has 2 aromatic rings. The molecule has 0 fully saturated rings. The van der Waals surface area contributed by atoms with Gasteiger partial charge in [0, 0.05) is 22.6 Å². The van der Waals surface area contributed by atoms with Gasteiger partial charge in [0.1, 0.15) is 5.00 Å². The van der Waals surface area contributed by atoms with Crippen LogP contribution in [-0.2, 0) is 27.2 Å². The Bertz CT molecular complexity index is 1120. The lowest BCUT2D eigenvalue weighted by Gasteiger charge is -2.08. The molecular formula is C22H24N4O6S. The van der Waals surface area contributed by atoms with Crippen LogP contribution in [0.3, 0.4) is 0 Å². The van der Waals surface area contributed by atoms with E-state index in [1.54, 1.807) is 19.9 Å². The normalized spacial score (nSPS) is 13.5. The molecule has 2 N–H and O–H groups in total. The number of rotatable bonds is 6. The first kappa shape index (κ1) is 24.1. The summed E-state index contributed by atoms with van der Waals surface area (Å²) < 4.78 is 5.18. The van der Waals surface area contributed by atoms with Crippen molar-refractivity contribution in [3.05, 3.63) is 55.9 Å². The van der Waals surface area contributed by atoms with E-state index in [-0.39, 0.29) is 18.0 Å². The molecule has 1 heterocycles. The van der Waals surface area contributed by atoms with Crippen LogP contribution in [0.25, 0.3) is 0 Å². The molecule has 10 nitrogen and oxygen atoms in total. The second-order valence-electron chi connectivity index (χ2n) is 7.39. The maximum absolute atomic E-state index is 12.6. The number of hydrogen-bond donors (Lipinski definition) is 2. The van der Waals surface area contributed by atoms with Crippen molar-refractivity contribution >= 4 is 45.5 Å². The largest absolute Gasteiger partial charge is 0.462 e. The summed E-state index contributed by atoms with van der Waals surface area (Å²) >= 11 is 1.29. The Kier molecular flexibility index (Phi) is 7.88. The summed E-state index contributed by atoms with van der Waals surface area (Å²) in [7, 11) is 0. The number of hydrogen-bond acceptors (Lipinski definition) is 8. The van der Waals surface area contributed by atoms with E-state index >= 15 is 0 Å². The number of nitrogens with one attached hydrogen (secondary N) is 2. The minimum atomic E-state index is -1.03. The van der Waals surface area contributed by atoms with Gasteiger partial charge in [-0.1, -0.05) is 18.6 Å². The lowest BCUT2D eigenvalue weighted by molar-refractivity contribution is -0.384. The average Bonchev–Trinajstić information content (AvgIpc) is 2.97. The number of carbonyl (C=O) groups excluding carboxylic acids is 3. The van der Waals surface area contributed by atoms with Crippen molar-refractivity contribution in [2.75, 3.05) is 11.9 Å². The zero-order valence-corrected chi connectivity index (χ0v) is 19.1. The number of nitro groups is 1. The second kappa shape index (κ2) is 10.8. The molecule has 11 heteroatoms. The Labute approximate surface area is 194 Å². The van der Waals surface area contributed by atoms with Crippen LogP contribution < -0.4 is 10.7 Å². The maximum atomic E-state index is 12.6. The quantitative estimate of drug-likeness (QED) is 0.164. The lowest BCUT2D eigenvalue weighted by Crippen LogP contribution is -2.33. The number of hydrazone groups is 1. The van der Waals surface area contributed by atoms with Gasteiger partial charge in [0.15, 0.2) is 0 Å². The molecule has 2 amide bonds. The molecule has 0 spiro atoms. The standard InChI is InChI=1S/C22H24N4O6S/c1-3-32-22(29)18-16-10-5-4-6-11-17(16)33-21(18)23-19(27)20(28)25-24-13(2)14-8-7-9-15(12-14)26(30)31/h7-9,12H,3-6,10-11H2,1-2H3,(H,23,27)(H,25,28). The third-order valence-corrected chi connectivity index (χ3v) is 6.34. The number of aryl methyl sites for hydroxylation is 1. The fourth-order valence-electron chi connectivity index (χ4n) is 3.50. The van der Waals surface area contributed by atoms with E-state index in [1.165, 1.54) is 29.5 Å². The summed E-state index contributed by atoms with van der Waals surface area (Å²) in [4.78, 5) is 48.8. The lowest BCUT2D eigenvalue weighted by atomic mass is 10.1. The van der Waals surface area contributed by atoms with Crippen LogP contribution in [0.5, 0.6) is 0 Å². The minimum absolute atomic E-state index is 0.116. The Morgan fingerprint density at radius 3 is 2.67 bits per heavy atom. The SMILES string of the molecule is CCOC(=O)c1c(NC(=O)C(=O)NN=C(C)c2cccc([N+](=O)[O-])c2)sc2c1CCCCC2. The number of fused-ring (bicyclic) bond motifs is 1. The van der Waals surface area contributed by atoms with Crippen LogP contribution in [-0.4, -0.2) is 35.0 Å². The van der Waals surface area contributed by atoms with Crippen molar-refractivity contribution in [1.82, 2.24) is 5.43 Å². The van der Waals surface area contributed by atoms with Crippen LogP contribution in [0.15, 0.2) is 29.4 Å². The van der Waals surface area contributed by atoms with Gasteiger partial charge in [-0.3, -0.25) is 19.7 Å². The average molecular weight is 473 g/mol. The third kappa shape index (κ3) is 5.80. The number of anilines is 1. The molecule has 3 rings (SSSR count). The van der Waals surface area contributed by atoms with Crippen molar-refractivity contribution in [2.24, 2.45) is 5.10 Å². The van der Waals surface area contributed by atoms with E-state index in [9.17, 15) is 24.5 Å². The highest BCUT2D eigenvalue weighted by Crippen LogP contribution is 2.38. The topological polar surface area (TPSA) is 140 Å². The van der Waals surface area contributed by atoms with Gasteiger partial charge in [-0.2, -0.15) is 5.10 Å². The Morgan fingerprint density at radius 1 is 1.18 bits per heavy atom. The number of non-ortho nitro benzene ring substituents is 1. The Hall–Kier alpha value is -3.60. The molecule has 174 valence electrons. The van der Waals surface area contributed by atoms with Crippen LogP contribution in [0.2, 0.25) is 0 Å². The molecule has 0 saturated heterocycles. The van der Waals surface area contributed by atoms with E-state index in [1.807, 2.05) is 0 Å². The summed E-state index contributed by atoms with van der Waals surface area (Å²) in [5, 5.41) is 17.6. The predicted octanol–water partition coefficient (Wildman–Crippen LogP) is 3.58. The van der Waals surface area contributed by atoms with Gasteiger partial charge in [-0.25, -0.2) is 10.2 Å². The third-order valence-electron chi connectivity index (χ3n) is 5.13. The van der Waals surface area contributed by atoms with Gasteiger partial charge in [-0.05, 0) is 45.1 Å². The number of nitro benzene ring substituents is 1. The molecule has 0 bridgehead atoms. The van der Waals surface area contributed by atoms with Crippen LogP contribution in [0.4, 0.5) is 10.7 Å². The monoisotopic (exact) mass is 472 g/mol. The number of benzene rings is 1.